The zero-order valence-electron chi connectivity index (χ0n) is 12.5. The molecule has 0 aliphatic heterocycles. The fourth-order valence-electron chi connectivity index (χ4n) is 2.83. The van der Waals surface area contributed by atoms with Crippen LogP contribution in [0.2, 0.25) is 0 Å². The number of carbonyl (C=O) groups is 1. The zero-order valence-corrected chi connectivity index (χ0v) is 12.5. The van der Waals surface area contributed by atoms with Crippen LogP contribution in [-0.2, 0) is 4.79 Å². The van der Waals surface area contributed by atoms with Gasteiger partial charge in [0.25, 0.3) is 0 Å². The summed E-state index contributed by atoms with van der Waals surface area (Å²) in [6.07, 6.45) is -3.08. The summed E-state index contributed by atoms with van der Waals surface area (Å²) < 4.78 is 38.3. The molecule has 2 rings (SSSR count). The van der Waals surface area contributed by atoms with Gasteiger partial charge in [0.1, 0.15) is 6.04 Å². The molecular weight excluding hydrogens is 293 g/mol. The lowest BCUT2D eigenvalue weighted by Gasteiger charge is -2.31. The zero-order chi connectivity index (χ0) is 16.3. The molecule has 1 aliphatic rings. The van der Waals surface area contributed by atoms with Crippen molar-refractivity contribution >= 4 is 5.91 Å². The van der Waals surface area contributed by atoms with Crippen molar-refractivity contribution in [2.24, 2.45) is 11.7 Å². The van der Waals surface area contributed by atoms with Gasteiger partial charge in [-0.2, -0.15) is 13.2 Å². The molecule has 3 atom stereocenters. The number of aryl methyl sites for hydroxylation is 1. The molecule has 3 nitrogen and oxygen atoms in total. The number of nitrogens with two attached hydrogens (primary N) is 1. The normalized spacial score (nSPS) is 23.9. The number of halogens is 3. The van der Waals surface area contributed by atoms with Crippen LogP contribution in [0, 0.1) is 12.8 Å². The van der Waals surface area contributed by atoms with Crippen molar-refractivity contribution < 1.29 is 18.0 Å². The highest BCUT2D eigenvalue weighted by molar-refractivity contribution is 5.83. The van der Waals surface area contributed by atoms with Crippen LogP contribution in [0.3, 0.4) is 0 Å². The minimum absolute atomic E-state index is 0.0597. The lowest BCUT2D eigenvalue weighted by atomic mass is 9.85. The van der Waals surface area contributed by atoms with Crippen molar-refractivity contribution in [2.75, 3.05) is 0 Å². The van der Waals surface area contributed by atoms with Gasteiger partial charge in [-0.15, -0.1) is 0 Å². The highest BCUT2D eigenvalue weighted by atomic mass is 19.4. The highest BCUT2D eigenvalue weighted by Gasteiger charge is 2.42. The summed E-state index contributed by atoms with van der Waals surface area (Å²) in [6.45, 7) is 1.93. The average Bonchev–Trinajstić information content (AvgIpc) is 2.46. The van der Waals surface area contributed by atoms with Crippen molar-refractivity contribution in [1.29, 1.82) is 0 Å². The number of alkyl halides is 3. The molecule has 1 aromatic rings. The molecule has 22 heavy (non-hydrogen) atoms. The Morgan fingerprint density at radius 3 is 2.50 bits per heavy atom. The highest BCUT2D eigenvalue weighted by Crippen LogP contribution is 2.37. The molecule has 0 radical (unpaired) electrons. The Morgan fingerprint density at radius 1 is 1.27 bits per heavy atom. The lowest BCUT2D eigenvalue weighted by Crippen LogP contribution is -2.44. The first-order valence-electron chi connectivity index (χ1n) is 7.46. The van der Waals surface area contributed by atoms with E-state index in [4.69, 9.17) is 5.73 Å². The third-order valence-corrected chi connectivity index (χ3v) is 4.20. The van der Waals surface area contributed by atoms with E-state index in [1.807, 2.05) is 19.1 Å². The van der Waals surface area contributed by atoms with Crippen LogP contribution in [0.25, 0.3) is 0 Å². The molecule has 0 bridgehead atoms. The van der Waals surface area contributed by atoms with E-state index in [0.717, 1.165) is 5.56 Å². The van der Waals surface area contributed by atoms with Crippen LogP contribution in [0.5, 0.6) is 0 Å². The van der Waals surface area contributed by atoms with E-state index in [0.29, 0.717) is 18.4 Å². The van der Waals surface area contributed by atoms with E-state index in [2.05, 4.69) is 5.32 Å². The monoisotopic (exact) mass is 314 g/mol. The van der Waals surface area contributed by atoms with E-state index < -0.39 is 30.1 Å². The largest absolute Gasteiger partial charge is 0.391 e. The topological polar surface area (TPSA) is 55.1 Å². The molecule has 0 aromatic heterocycles. The SMILES string of the molecule is Cc1ccc(C(N)C(=O)NC2CCCC(C(F)(F)F)C2)cc1. The maximum absolute atomic E-state index is 12.8. The van der Waals surface area contributed by atoms with Gasteiger partial charge >= 0.3 is 6.18 Å². The van der Waals surface area contributed by atoms with Gasteiger partial charge in [-0.1, -0.05) is 36.2 Å². The summed E-state index contributed by atoms with van der Waals surface area (Å²) in [5.41, 5.74) is 7.60. The van der Waals surface area contributed by atoms with Gasteiger partial charge in [-0.25, -0.2) is 0 Å². The molecule has 122 valence electrons. The average molecular weight is 314 g/mol. The van der Waals surface area contributed by atoms with Crippen molar-refractivity contribution in [3.05, 3.63) is 35.4 Å². The van der Waals surface area contributed by atoms with Gasteiger partial charge in [0.05, 0.1) is 5.92 Å². The first-order valence-corrected chi connectivity index (χ1v) is 7.46. The summed E-state index contributed by atoms with van der Waals surface area (Å²) in [5, 5.41) is 2.67. The summed E-state index contributed by atoms with van der Waals surface area (Å²) >= 11 is 0. The number of hydrogen-bond acceptors (Lipinski definition) is 2. The smallest absolute Gasteiger partial charge is 0.352 e. The Kier molecular flexibility index (Phi) is 5.11. The number of nitrogens with one attached hydrogen (secondary N) is 1. The fraction of sp³-hybridized carbons (Fsp3) is 0.562. The standard InChI is InChI=1S/C16H21F3N2O/c1-10-5-7-11(8-6-10)14(20)15(22)21-13-4-2-3-12(9-13)16(17,18)19/h5-8,12-14H,2-4,9,20H2,1H3,(H,21,22). The Hall–Kier alpha value is -1.56. The van der Waals surface area contributed by atoms with Gasteiger partial charge < -0.3 is 11.1 Å². The van der Waals surface area contributed by atoms with Crippen molar-refractivity contribution in [3.63, 3.8) is 0 Å². The van der Waals surface area contributed by atoms with E-state index in [1.54, 1.807) is 12.1 Å². The predicted molar refractivity (Wildman–Crippen MR) is 78.1 cm³/mol. The third kappa shape index (κ3) is 4.22. The first-order chi connectivity index (χ1) is 10.3. The number of carbonyl (C=O) groups excluding carboxylic acids is 1. The Bertz CT molecular complexity index is 513. The molecule has 0 heterocycles. The van der Waals surface area contributed by atoms with E-state index in [1.165, 1.54) is 0 Å². The number of rotatable bonds is 3. The minimum atomic E-state index is -4.19. The maximum atomic E-state index is 12.8. The molecule has 1 aromatic carbocycles. The second-order valence-corrected chi connectivity index (χ2v) is 6.00. The summed E-state index contributed by atoms with van der Waals surface area (Å²) in [5.74, 6) is -1.75. The molecule has 6 heteroatoms. The number of benzene rings is 1. The second kappa shape index (κ2) is 6.69. The van der Waals surface area contributed by atoms with Crippen molar-refractivity contribution in [3.8, 4) is 0 Å². The molecule has 1 fully saturated rings. The van der Waals surface area contributed by atoms with Crippen LogP contribution in [0.15, 0.2) is 24.3 Å². The van der Waals surface area contributed by atoms with E-state index in [9.17, 15) is 18.0 Å². The Labute approximate surface area is 128 Å². The molecule has 1 amide bonds. The summed E-state index contributed by atoms with van der Waals surface area (Å²) in [4.78, 5) is 12.1. The van der Waals surface area contributed by atoms with Crippen LogP contribution in [0.4, 0.5) is 13.2 Å². The van der Waals surface area contributed by atoms with Gasteiger partial charge in [-0.3, -0.25) is 4.79 Å². The second-order valence-electron chi connectivity index (χ2n) is 6.00. The Balaban J connectivity index is 1.95. The molecule has 0 spiro atoms. The van der Waals surface area contributed by atoms with Gasteiger partial charge in [0, 0.05) is 6.04 Å². The molecule has 1 saturated carbocycles. The number of hydrogen-bond donors (Lipinski definition) is 2. The fourth-order valence-corrected chi connectivity index (χ4v) is 2.83. The third-order valence-electron chi connectivity index (χ3n) is 4.20. The predicted octanol–water partition coefficient (Wildman–Crippen LogP) is 3.23. The van der Waals surface area contributed by atoms with Crippen LogP contribution >= 0.6 is 0 Å². The van der Waals surface area contributed by atoms with Gasteiger partial charge in [0.2, 0.25) is 5.91 Å². The summed E-state index contributed by atoms with van der Waals surface area (Å²) in [6, 6.07) is 5.92. The van der Waals surface area contributed by atoms with E-state index in [-0.39, 0.29) is 12.8 Å². The van der Waals surface area contributed by atoms with Crippen molar-refractivity contribution in [2.45, 2.75) is 50.9 Å². The van der Waals surface area contributed by atoms with Gasteiger partial charge in [-0.05, 0) is 31.7 Å². The van der Waals surface area contributed by atoms with Crippen LogP contribution in [-0.4, -0.2) is 18.1 Å². The van der Waals surface area contributed by atoms with Crippen LogP contribution < -0.4 is 11.1 Å². The minimum Gasteiger partial charge on any atom is -0.352 e. The molecule has 3 unspecified atom stereocenters. The number of amides is 1. The van der Waals surface area contributed by atoms with Crippen LogP contribution in [0.1, 0.15) is 42.9 Å². The molecular formula is C16H21F3N2O. The molecule has 3 N–H and O–H groups in total. The molecule has 0 saturated heterocycles. The summed E-state index contributed by atoms with van der Waals surface area (Å²) in [7, 11) is 0. The maximum Gasteiger partial charge on any atom is 0.391 e. The van der Waals surface area contributed by atoms with E-state index >= 15 is 0 Å². The van der Waals surface area contributed by atoms with Gasteiger partial charge in [0.15, 0.2) is 0 Å². The quantitative estimate of drug-likeness (QED) is 0.900. The molecule has 1 aliphatic carbocycles. The Morgan fingerprint density at radius 2 is 1.91 bits per heavy atom. The first kappa shape index (κ1) is 16.8. The lowest BCUT2D eigenvalue weighted by molar-refractivity contribution is -0.184. The van der Waals surface area contributed by atoms with Crippen molar-refractivity contribution in [1.82, 2.24) is 5.32 Å².